The van der Waals surface area contributed by atoms with Crippen molar-refractivity contribution in [3.63, 3.8) is 0 Å². The summed E-state index contributed by atoms with van der Waals surface area (Å²) in [5.41, 5.74) is 0.985. The average Bonchev–Trinajstić information content (AvgIpc) is 3.39. The Bertz CT molecular complexity index is 873. The van der Waals surface area contributed by atoms with E-state index in [1.165, 1.54) is 11.8 Å². The van der Waals surface area contributed by atoms with Gasteiger partial charge in [0, 0.05) is 50.5 Å². The van der Waals surface area contributed by atoms with Crippen LogP contribution in [0.3, 0.4) is 0 Å². The van der Waals surface area contributed by atoms with Gasteiger partial charge in [-0.05, 0) is 30.9 Å². The average molecular weight is 429 g/mol. The van der Waals surface area contributed by atoms with E-state index in [-0.39, 0.29) is 35.2 Å². The second kappa shape index (κ2) is 7.78. The molecule has 1 amide bonds. The number of ether oxygens (including phenoxy) is 1. The molecule has 1 saturated carbocycles. The van der Waals surface area contributed by atoms with E-state index in [9.17, 15) is 14.7 Å². The molecule has 0 aromatic carbocycles. The molecule has 1 aromatic heterocycles. The van der Waals surface area contributed by atoms with Gasteiger partial charge in [-0.1, -0.05) is 25.5 Å². The molecule has 168 valence electrons. The van der Waals surface area contributed by atoms with E-state index in [2.05, 4.69) is 24.8 Å². The first-order valence-electron chi connectivity index (χ1n) is 11.5. The number of allylic oxidation sites excluding steroid dienone is 1. The maximum absolute atomic E-state index is 12.8. The van der Waals surface area contributed by atoms with Gasteiger partial charge in [-0.25, -0.2) is 0 Å². The predicted octanol–water partition coefficient (Wildman–Crippen LogP) is 2.32. The van der Waals surface area contributed by atoms with E-state index in [4.69, 9.17) is 9.15 Å². The molecule has 1 N–H and O–H groups in total. The van der Waals surface area contributed by atoms with Crippen LogP contribution in [0.25, 0.3) is 0 Å². The first-order chi connectivity index (χ1) is 14.9. The number of hydrogen-bond donors (Lipinski definition) is 1. The van der Waals surface area contributed by atoms with Gasteiger partial charge >= 0.3 is 5.97 Å². The summed E-state index contributed by atoms with van der Waals surface area (Å²) >= 11 is 0. The summed E-state index contributed by atoms with van der Waals surface area (Å²) in [5.74, 6) is -0.0154. The highest BCUT2D eigenvalue weighted by Gasteiger charge is 2.59. The first kappa shape index (κ1) is 20.8. The number of hydrogen-bond acceptors (Lipinski definition) is 6. The number of rotatable bonds is 3. The number of aliphatic hydroxyl groups excluding tert-OH is 1. The Morgan fingerprint density at radius 2 is 2.06 bits per heavy atom. The second-order valence-electron chi connectivity index (χ2n) is 9.87. The number of furan rings is 1. The zero-order valence-corrected chi connectivity index (χ0v) is 18.3. The van der Waals surface area contributed by atoms with Gasteiger partial charge in [0.15, 0.2) is 5.76 Å². The van der Waals surface area contributed by atoms with Crippen LogP contribution in [0, 0.1) is 23.2 Å². The quantitative estimate of drug-likeness (QED) is 0.588. The van der Waals surface area contributed by atoms with Crippen molar-refractivity contribution in [1.29, 1.82) is 0 Å². The van der Waals surface area contributed by atoms with Crippen molar-refractivity contribution in [2.75, 3.05) is 32.7 Å². The van der Waals surface area contributed by atoms with Gasteiger partial charge in [-0.2, -0.15) is 0 Å². The Kier molecular flexibility index (Phi) is 5.21. The predicted molar refractivity (Wildman–Crippen MR) is 113 cm³/mol. The van der Waals surface area contributed by atoms with Crippen molar-refractivity contribution < 1.29 is 23.8 Å². The number of nitrogens with zero attached hydrogens (tertiary/aromatic N) is 2. The fourth-order valence-corrected chi connectivity index (χ4v) is 6.24. The molecule has 4 aliphatic rings. The molecule has 2 aliphatic heterocycles. The molecule has 0 unspecified atom stereocenters. The van der Waals surface area contributed by atoms with Crippen molar-refractivity contribution in [2.45, 2.75) is 45.3 Å². The topological polar surface area (TPSA) is 83.2 Å². The van der Waals surface area contributed by atoms with Gasteiger partial charge in [-0.15, -0.1) is 0 Å². The number of esters is 1. The van der Waals surface area contributed by atoms with Crippen molar-refractivity contribution in [2.24, 2.45) is 23.2 Å². The molecule has 1 aromatic rings. The molecule has 7 heteroatoms. The highest BCUT2D eigenvalue weighted by molar-refractivity contribution is 5.91. The van der Waals surface area contributed by atoms with E-state index in [1.807, 2.05) is 0 Å². The molecule has 0 radical (unpaired) electrons. The van der Waals surface area contributed by atoms with Crippen LogP contribution in [-0.2, 0) is 9.53 Å². The normalized spacial score (nSPS) is 38.3. The summed E-state index contributed by atoms with van der Waals surface area (Å²) in [6.45, 7) is 7.55. The largest absolute Gasteiger partial charge is 0.461 e. The lowest BCUT2D eigenvalue weighted by Gasteiger charge is -2.52. The number of amides is 1. The van der Waals surface area contributed by atoms with Gasteiger partial charge in [0.05, 0.1) is 18.3 Å². The summed E-state index contributed by atoms with van der Waals surface area (Å²) in [7, 11) is 0. The van der Waals surface area contributed by atoms with Gasteiger partial charge in [0.1, 0.15) is 6.10 Å². The van der Waals surface area contributed by atoms with Crippen molar-refractivity contribution in [3.05, 3.63) is 35.8 Å². The molecule has 2 aliphatic carbocycles. The van der Waals surface area contributed by atoms with Crippen molar-refractivity contribution in [1.82, 2.24) is 9.80 Å². The minimum Gasteiger partial charge on any atom is -0.461 e. The molecular formula is C24H32N2O5. The van der Waals surface area contributed by atoms with Crippen LogP contribution in [0.15, 0.2) is 34.5 Å². The standard InChI is InChI=1S/C24H32N2O5/c1-15-5-3-6-16-13-19-20(21(27)24(15,16)2)17(23(29)31-19)14-25-8-10-26(11-9-25)22(28)18-7-4-12-30-18/h4,6-7,12,15,17,19-21,27H,3,5,8-11,13-14H2,1-2H3/t15-,17+,19-,20+,21+,24-/m1/s1. The molecule has 3 fully saturated rings. The van der Waals surface area contributed by atoms with Crippen molar-refractivity contribution >= 4 is 11.9 Å². The zero-order chi connectivity index (χ0) is 21.8. The van der Waals surface area contributed by atoms with Crippen LogP contribution < -0.4 is 0 Å². The molecule has 0 bridgehead atoms. The molecule has 6 atom stereocenters. The molecular weight excluding hydrogens is 396 g/mol. The van der Waals surface area contributed by atoms with E-state index in [0.717, 1.165) is 19.3 Å². The molecule has 5 rings (SSSR count). The smallest absolute Gasteiger partial charge is 0.311 e. The zero-order valence-electron chi connectivity index (χ0n) is 18.3. The lowest BCUT2D eigenvalue weighted by molar-refractivity contribution is -0.145. The van der Waals surface area contributed by atoms with Crippen LogP contribution >= 0.6 is 0 Å². The van der Waals surface area contributed by atoms with Gasteiger partial charge in [0.2, 0.25) is 0 Å². The monoisotopic (exact) mass is 428 g/mol. The third-order valence-corrected chi connectivity index (χ3v) is 8.42. The number of carbonyl (C=O) groups excluding carboxylic acids is 2. The van der Waals surface area contributed by atoms with Gasteiger partial charge in [0.25, 0.3) is 5.91 Å². The van der Waals surface area contributed by atoms with Gasteiger partial charge < -0.3 is 19.2 Å². The number of fused-ring (bicyclic) bond motifs is 2. The van der Waals surface area contributed by atoms with E-state index < -0.39 is 6.10 Å². The number of piperazine rings is 1. The maximum Gasteiger partial charge on any atom is 0.311 e. The number of aliphatic hydroxyl groups is 1. The molecule has 2 saturated heterocycles. The number of carbonyl (C=O) groups is 2. The van der Waals surface area contributed by atoms with Crippen LogP contribution in [0.2, 0.25) is 0 Å². The maximum atomic E-state index is 12.8. The summed E-state index contributed by atoms with van der Waals surface area (Å²) in [6.07, 6.45) is 5.82. The summed E-state index contributed by atoms with van der Waals surface area (Å²) in [5, 5.41) is 11.5. The molecule has 31 heavy (non-hydrogen) atoms. The first-order valence-corrected chi connectivity index (χ1v) is 11.5. The van der Waals surface area contributed by atoms with Gasteiger partial charge in [-0.3, -0.25) is 14.5 Å². The third kappa shape index (κ3) is 3.33. The molecule has 7 nitrogen and oxygen atoms in total. The summed E-state index contributed by atoms with van der Waals surface area (Å²) < 4.78 is 11.0. The summed E-state index contributed by atoms with van der Waals surface area (Å²) in [6, 6.07) is 3.40. The Morgan fingerprint density at radius 1 is 1.29 bits per heavy atom. The van der Waals surface area contributed by atoms with Crippen LogP contribution in [0.1, 0.15) is 43.7 Å². The lowest BCUT2D eigenvalue weighted by atomic mass is 9.55. The van der Waals surface area contributed by atoms with E-state index in [1.54, 1.807) is 17.0 Å². The fraction of sp³-hybridized carbons (Fsp3) is 0.667. The van der Waals surface area contributed by atoms with Crippen LogP contribution in [0.5, 0.6) is 0 Å². The lowest BCUT2D eigenvalue weighted by Crippen LogP contribution is -2.55. The van der Waals surface area contributed by atoms with E-state index >= 15 is 0 Å². The highest BCUT2D eigenvalue weighted by Crippen LogP contribution is 2.56. The molecule has 0 spiro atoms. The van der Waals surface area contributed by atoms with Crippen LogP contribution in [-0.4, -0.2) is 71.7 Å². The minimum atomic E-state index is -0.578. The second-order valence-corrected chi connectivity index (χ2v) is 9.87. The Morgan fingerprint density at radius 3 is 2.77 bits per heavy atom. The Labute approximate surface area is 183 Å². The highest BCUT2D eigenvalue weighted by atomic mass is 16.6. The summed E-state index contributed by atoms with van der Waals surface area (Å²) in [4.78, 5) is 29.3. The Balaban J connectivity index is 1.26. The Hall–Kier alpha value is -2.12. The fourth-order valence-electron chi connectivity index (χ4n) is 6.24. The minimum absolute atomic E-state index is 0.0915. The molecule has 3 heterocycles. The van der Waals surface area contributed by atoms with E-state index in [0.29, 0.717) is 44.4 Å². The van der Waals surface area contributed by atoms with Crippen molar-refractivity contribution in [3.8, 4) is 0 Å². The van der Waals surface area contributed by atoms with Crippen LogP contribution in [0.4, 0.5) is 0 Å². The SMILES string of the molecule is C[C@@H]1CCC=C2C[C@H]3OC(=O)[C@@H](CN4CCN(C(=O)c5ccco5)CC4)[C@@H]3[C@H](O)[C@@]21C. The third-order valence-electron chi connectivity index (χ3n) is 8.42.